The number of benzene rings is 2. The second-order valence-electron chi connectivity index (χ2n) is 5.06. The van der Waals surface area contributed by atoms with Crippen LogP contribution in [0.1, 0.15) is 12.0 Å². The number of rotatable bonds is 3. The van der Waals surface area contributed by atoms with Crippen LogP contribution in [0.15, 0.2) is 48.5 Å². The number of ether oxygens (including phenoxy) is 2. The largest absolute Gasteiger partial charge is 0.490 e. The molecule has 0 bridgehead atoms. The van der Waals surface area contributed by atoms with Crippen LogP contribution in [-0.4, -0.2) is 19.1 Å². The van der Waals surface area contributed by atoms with Crippen molar-refractivity contribution >= 4 is 17.7 Å². The Balaban J connectivity index is 1.68. The predicted octanol–water partition coefficient (Wildman–Crippen LogP) is 3.64. The fraction of sp³-hybridized carbons (Fsp3) is 0.167. The van der Waals surface area contributed by atoms with Gasteiger partial charge in [-0.1, -0.05) is 18.2 Å². The van der Waals surface area contributed by atoms with Gasteiger partial charge < -0.3 is 14.8 Å². The maximum absolute atomic E-state index is 13.5. The summed E-state index contributed by atoms with van der Waals surface area (Å²) in [6, 6.07) is 11.5. The SMILES string of the molecule is O=C(/C=C/c1ccccc1F)Nc1ccc2c(c1)OCCCO2. The van der Waals surface area contributed by atoms with E-state index in [9.17, 15) is 9.18 Å². The van der Waals surface area contributed by atoms with Crippen molar-refractivity contribution < 1.29 is 18.7 Å². The molecule has 3 rings (SSSR count). The summed E-state index contributed by atoms with van der Waals surface area (Å²) in [5.74, 6) is 0.565. The number of halogens is 1. The van der Waals surface area contributed by atoms with E-state index in [1.165, 1.54) is 18.2 Å². The van der Waals surface area contributed by atoms with Gasteiger partial charge in [0.2, 0.25) is 5.91 Å². The molecule has 1 heterocycles. The quantitative estimate of drug-likeness (QED) is 0.880. The summed E-state index contributed by atoms with van der Waals surface area (Å²) in [6.45, 7) is 1.20. The first-order chi connectivity index (χ1) is 11.2. The molecule has 0 saturated heterocycles. The molecule has 5 heteroatoms. The van der Waals surface area contributed by atoms with Crippen molar-refractivity contribution in [2.75, 3.05) is 18.5 Å². The standard InChI is InChI=1S/C18H16FNO3/c19-15-5-2-1-4-13(15)6-9-18(21)20-14-7-8-16-17(12-14)23-11-3-10-22-16/h1-2,4-9,12H,3,10-11H2,(H,20,21)/b9-6+. The van der Waals surface area contributed by atoms with E-state index in [2.05, 4.69) is 5.32 Å². The lowest BCUT2D eigenvalue weighted by Gasteiger charge is -2.09. The Hall–Kier alpha value is -2.82. The van der Waals surface area contributed by atoms with Crippen molar-refractivity contribution in [2.45, 2.75) is 6.42 Å². The lowest BCUT2D eigenvalue weighted by Crippen LogP contribution is -2.08. The van der Waals surface area contributed by atoms with E-state index in [1.54, 1.807) is 36.4 Å². The minimum absolute atomic E-state index is 0.345. The van der Waals surface area contributed by atoms with Gasteiger partial charge in [-0.15, -0.1) is 0 Å². The molecular formula is C18H16FNO3. The van der Waals surface area contributed by atoms with Gasteiger partial charge in [0.05, 0.1) is 13.2 Å². The average Bonchev–Trinajstić information content (AvgIpc) is 2.79. The van der Waals surface area contributed by atoms with Crippen LogP contribution in [-0.2, 0) is 4.79 Å². The molecule has 0 saturated carbocycles. The van der Waals surface area contributed by atoms with Crippen molar-refractivity contribution in [1.29, 1.82) is 0 Å². The summed E-state index contributed by atoms with van der Waals surface area (Å²) in [6.07, 6.45) is 3.55. The fourth-order valence-corrected chi connectivity index (χ4v) is 2.20. The summed E-state index contributed by atoms with van der Waals surface area (Å²) >= 11 is 0. The Morgan fingerprint density at radius 3 is 2.70 bits per heavy atom. The van der Waals surface area contributed by atoms with Gasteiger partial charge in [0, 0.05) is 29.8 Å². The molecular weight excluding hydrogens is 297 g/mol. The van der Waals surface area contributed by atoms with Crippen LogP contribution < -0.4 is 14.8 Å². The molecule has 1 aliphatic heterocycles. The molecule has 118 valence electrons. The minimum Gasteiger partial charge on any atom is -0.490 e. The Kier molecular flexibility index (Phi) is 4.57. The zero-order valence-electron chi connectivity index (χ0n) is 12.4. The van der Waals surface area contributed by atoms with E-state index >= 15 is 0 Å². The van der Waals surface area contributed by atoms with Crippen LogP contribution in [0, 0.1) is 5.82 Å². The number of amides is 1. The third-order valence-corrected chi connectivity index (χ3v) is 3.33. The van der Waals surface area contributed by atoms with Crippen molar-refractivity contribution in [2.24, 2.45) is 0 Å². The van der Waals surface area contributed by atoms with Gasteiger partial charge in [-0.3, -0.25) is 4.79 Å². The summed E-state index contributed by atoms with van der Waals surface area (Å²) in [5, 5.41) is 2.72. The van der Waals surface area contributed by atoms with E-state index < -0.39 is 0 Å². The third kappa shape index (κ3) is 3.88. The second-order valence-corrected chi connectivity index (χ2v) is 5.06. The summed E-state index contributed by atoms with van der Waals surface area (Å²) in [4.78, 5) is 11.9. The van der Waals surface area contributed by atoms with Crippen LogP contribution in [0.5, 0.6) is 11.5 Å². The first kappa shape index (κ1) is 15.1. The van der Waals surface area contributed by atoms with Gasteiger partial charge in [0.1, 0.15) is 5.82 Å². The molecule has 0 aliphatic carbocycles. The molecule has 0 unspecified atom stereocenters. The summed E-state index contributed by atoms with van der Waals surface area (Å²) in [5.41, 5.74) is 0.957. The molecule has 4 nitrogen and oxygen atoms in total. The zero-order chi connectivity index (χ0) is 16.1. The monoisotopic (exact) mass is 313 g/mol. The number of carbonyl (C=O) groups excluding carboxylic acids is 1. The predicted molar refractivity (Wildman–Crippen MR) is 86.1 cm³/mol. The molecule has 0 radical (unpaired) electrons. The summed E-state index contributed by atoms with van der Waals surface area (Å²) < 4.78 is 24.6. The molecule has 0 atom stereocenters. The molecule has 1 amide bonds. The van der Waals surface area contributed by atoms with E-state index in [1.807, 2.05) is 0 Å². The summed E-state index contributed by atoms with van der Waals surface area (Å²) in [7, 11) is 0. The van der Waals surface area contributed by atoms with Crippen LogP contribution in [0.2, 0.25) is 0 Å². The van der Waals surface area contributed by atoms with Gasteiger partial charge in [-0.2, -0.15) is 0 Å². The number of anilines is 1. The van der Waals surface area contributed by atoms with Crippen LogP contribution in [0.25, 0.3) is 6.08 Å². The second kappa shape index (κ2) is 6.96. The molecule has 0 spiro atoms. The van der Waals surface area contributed by atoms with Crippen LogP contribution in [0.4, 0.5) is 10.1 Å². The lowest BCUT2D eigenvalue weighted by atomic mass is 10.2. The number of hydrogen-bond donors (Lipinski definition) is 1. The van der Waals surface area contributed by atoms with Crippen LogP contribution in [0.3, 0.4) is 0 Å². The van der Waals surface area contributed by atoms with E-state index in [0.29, 0.717) is 36.0 Å². The zero-order valence-corrected chi connectivity index (χ0v) is 12.4. The van der Waals surface area contributed by atoms with Gasteiger partial charge >= 0.3 is 0 Å². The highest BCUT2D eigenvalue weighted by atomic mass is 19.1. The first-order valence-corrected chi connectivity index (χ1v) is 7.35. The Labute approximate surface area is 133 Å². The molecule has 2 aromatic carbocycles. The molecule has 1 aliphatic rings. The van der Waals surface area contributed by atoms with Crippen molar-refractivity contribution in [3.8, 4) is 11.5 Å². The number of carbonyl (C=O) groups is 1. The fourth-order valence-electron chi connectivity index (χ4n) is 2.20. The number of nitrogens with one attached hydrogen (secondary N) is 1. The van der Waals surface area contributed by atoms with E-state index in [0.717, 1.165) is 6.42 Å². The molecule has 1 N–H and O–H groups in total. The lowest BCUT2D eigenvalue weighted by molar-refractivity contribution is -0.111. The minimum atomic E-state index is -0.368. The highest BCUT2D eigenvalue weighted by Gasteiger charge is 2.11. The third-order valence-electron chi connectivity index (χ3n) is 3.33. The van der Waals surface area contributed by atoms with Crippen molar-refractivity contribution in [1.82, 2.24) is 0 Å². The van der Waals surface area contributed by atoms with Gasteiger partial charge in [-0.05, 0) is 24.3 Å². The molecule has 0 aromatic heterocycles. The van der Waals surface area contributed by atoms with Gasteiger partial charge in [-0.25, -0.2) is 4.39 Å². The average molecular weight is 313 g/mol. The van der Waals surface area contributed by atoms with Crippen LogP contribution >= 0.6 is 0 Å². The van der Waals surface area contributed by atoms with Gasteiger partial charge in [0.25, 0.3) is 0 Å². The number of fused-ring (bicyclic) bond motifs is 1. The van der Waals surface area contributed by atoms with Crippen molar-refractivity contribution in [3.05, 3.63) is 59.9 Å². The highest BCUT2D eigenvalue weighted by Crippen LogP contribution is 2.32. The first-order valence-electron chi connectivity index (χ1n) is 7.35. The molecule has 0 fully saturated rings. The Morgan fingerprint density at radius 1 is 1.09 bits per heavy atom. The Bertz CT molecular complexity index is 743. The smallest absolute Gasteiger partial charge is 0.248 e. The maximum atomic E-state index is 13.5. The topological polar surface area (TPSA) is 47.6 Å². The highest BCUT2D eigenvalue weighted by molar-refractivity contribution is 6.02. The van der Waals surface area contributed by atoms with Crippen molar-refractivity contribution in [3.63, 3.8) is 0 Å². The maximum Gasteiger partial charge on any atom is 0.248 e. The molecule has 23 heavy (non-hydrogen) atoms. The molecule has 2 aromatic rings. The Morgan fingerprint density at radius 2 is 1.87 bits per heavy atom. The van der Waals surface area contributed by atoms with Gasteiger partial charge in [0.15, 0.2) is 11.5 Å². The van der Waals surface area contributed by atoms with E-state index in [-0.39, 0.29) is 11.7 Å². The number of hydrogen-bond acceptors (Lipinski definition) is 3. The normalized spacial score (nSPS) is 13.6. The van der Waals surface area contributed by atoms with E-state index in [4.69, 9.17) is 9.47 Å².